The zero-order chi connectivity index (χ0) is 8.53. The Kier molecular flexibility index (Phi) is 6.87. The first-order valence-corrected chi connectivity index (χ1v) is 4.03. The summed E-state index contributed by atoms with van der Waals surface area (Å²) in [6.45, 7) is 5.93. The van der Waals surface area contributed by atoms with Gasteiger partial charge in [-0.15, -0.1) is 12.5 Å². The Morgan fingerprint density at radius 3 is 2.82 bits per heavy atom. The summed E-state index contributed by atoms with van der Waals surface area (Å²) in [5.74, 6) is 6.38. The fourth-order valence-corrected chi connectivity index (χ4v) is 0.617. The molecule has 0 radical (unpaired) electrons. The van der Waals surface area contributed by atoms with Gasteiger partial charge >= 0.3 is 0 Å². The number of hydrogen-bond acceptors (Lipinski definition) is 1. The predicted octanol–water partition coefficient (Wildman–Crippen LogP) is 1.97. The molecule has 0 aromatic rings. The van der Waals surface area contributed by atoms with Gasteiger partial charge in [-0.25, -0.2) is 0 Å². The fraction of sp³-hybridized carbons (Fsp3) is 0.600. The van der Waals surface area contributed by atoms with E-state index >= 15 is 0 Å². The molecule has 1 nitrogen and oxygen atoms in total. The quantitative estimate of drug-likeness (QED) is 0.371. The molecule has 0 saturated carbocycles. The number of aliphatic hydroxyl groups is 1. The Morgan fingerprint density at radius 1 is 1.55 bits per heavy atom. The minimum absolute atomic E-state index is 0.276. The molecule has 0 heterocycles. The summed E-state index contributed by atoms with van der Waals surface area (Å²) >= 11 is 0. The lowest BCUT2D eigenvalue weighted by atomic mass is 10.2. The van der Waals surface area contributed by atoms with E-state index in [0.717, 1.165) is 19.3 Å². The van der Waals surface area contributed by atoms with Crippen molar-refractivity contribution in [1.29, 1.82) is 0 Å². The van der Waals surface area contributed by atoms with Crippen LogP contribution in [0.3, 0.4) is 0 Å². The van der Waals surface area contributed by atoms with Gasteiger partial charge in [0.2, 0.25) is 0 Å². The minimum atomic E-state index is 0.276. The summed E-state index contributed by atoms with van der Waals surface area (Å²) in [4.78, 5) is 0. The van der Waals surface area contributed by atoms with Crippen molar-refractivity contribution in [2.75, 3.05) is 6.61 Å². The average Bonchev–Trinajstić information content (AvgIpc) is 2.04. The van der Waals surface area contributed by atoms with E-state index in [9.17, 15) is 0 Å². The zero-order valence-electron chi connectivity index (χ0n) is 7.14. The van der Waals surface area contributed by atoms with Crippen LogP contribution >= 0.6 is 0 Å². The minimum Gasteiger partial charge on any atom is -0.396 e. The molecular weight excluding hydrogens is 136 g/mol. The van der Waals surface area contributed by atoms with Gasteiger partial charge in [0, 0.05) is 18.9 Å². The molecule has 0 aliphatic carbocycles. The summed E-state index contributed by atoms with van der Waals surface area (Å²) in [7, 11) is 0. The second-order valence-corrected chi connectivity index (χ2v) is 2.53. The van der Waals surface area contributed by atoms with Gasteiger partial charge in [0.25, 0.3) is 0 Å². The maximum absolute atomic E-state index is 8.46. The van der Waals surface area contributed by atoms with Crippen molar-refractivity contribution in [1.82, 2.24) is 0 Å². The standard InChI is InChI=1S/C10H16O/c1-3-10(2)8-6-4-5-7-9-11/h3,10-11H,1,4-5,7,9H2,2H3/t10-/m1/s1. The largest absolute Gasteiger partial charge is 0.396 e. The van der Waals surface area contributed by atoms with Crippen LogP contribution in [0.2, 0.25) is 0 Å². The highest BCUT2D eigenvalue weighted by molar-refractivity contribution is 5.07. The molecule has 0 aliphatic rings. The van der Waals surface area contributed by atoms with Gasteiger partial charge in [-0.2, -0.15) is 0 Å². The van der Waals surface area contributed by atoms with E-state index in [1.807, 2.05) is 13.0 Å². The molecule has 0 spiro atoms. The molecule has 0 fully saturated rings. The molecule has 0 aromatic carbocycles. The van der Waals surface area contributed by atoms with Crippen LogP contribution in [0.4, 0.5) is 0 Å². The molecule has 0 amide bonds. The lowest BCUT2D eigenvalue weighted by molar-refractivity contribution is 0.285. The van der Waals surface area contributed by atoms with Crippen LogP contribution in [0.1, 0.15) is 26.2 Å². The average molecular weight is 152 g/mol. The van der Waals surface area contributed by atoms with E-state index in [0.29, 0.717) is 5.92 Å². The fourth-order valence-electron chi connectivity index (χ4n) is 0.617. The summed E-state index contributed by atoms with van der Waals surface area (Å²) in [5.41, 5.74) is 0. The van der Waals surface area contributed by atoms with Gasteiger partial charge in [0.05, 0.1) is 0 Å². The lowest BCUT2D eigenvalue weighted by Crippen LogP contribution is -1.83. The summed E-state index contributed by atoms with van der Waals surface area (Å²) in [6.07, 6.45) is 4.57. The summed E-state index contributed by atoms with van der Waals surface area (Å²) in [6, 6.07) is 0. The van der Waals surface area contributed by atoms with E-state index in [-0.39, 0.29) is 6.61 Å². The smallest absolute Gasteiger partial charge is 0.0431 e. The van der Waals surface area contributed by atoms with Crippen molar-refractivity contribution in [3.8, 4) is 11.8 Å². The van der Waals surface area contributed by atoms with Crippen LogP contribution in [0.25, 0.3) is 0 Å². The van der Waals surface area contributed by atoms with E-state index < -0.39 is 0 Å². The van der Waals surface area contributed by atoms with E-state index in [2.05, 4.69) is 18.4 Å². The third kappa shape index (κ3) is 7.15. The Balaban J connectivity index is 3.32. The molecule has 0 aromatic heterocycles. The van der Waals surface area contributed by atoms with E-state index in [1.54, 1.807) is 0 Å². The maximum atomic E-state index is 8.46. The Hall–Kier alpha value is -0.740. The van der Waals surface area contributed by atoms with Crippen molar-refractivity contribution in [3.63, 3.8) is 0 Å². The maximum Gasteiger partial charge on any atom is 0.0431 e. The van der Waals surface area contributed by atoms with Gasteiger partial charge in [-0.05, 0) is 19.8 Å². The lowest BCUT2D eigenvalue weighted by Gasteiger charge is -1.91. The monoisotopic (exact) mass is 152 g/mol. The Bertz CT molecular complexity index is 150. The van der Waals surface area contributed by atoms with Gasteiger partial charge in [-0.3, -0.25) is 0 Å². The van der Waals surface area contributed by atoms with Crippen LogP contribution in [-0.4, -0.2) is 11.7 Å². The molecule has 0 aliphatic heterocycles. The third-order valence-electron chi connectivity index (χ3n) is 1.39. The number of rotatable bonds is 4. The van der Waals surface area contributed by atoms with Crippen molar-refractivity contribution >= 4 is 0 Å². The van der Waals surface area contributed by atoms with Crippen LogP contribution in [0.15, 0.2) is 12.7 Å². The van der Waals surface area contributed by atoms with E-state index in [1.165, 1.54) is 0 Å². The molecule has 0 bridgehead atoms. The molecule has 0 rings (SSSR count). The zero-order valence-corrected chi connectivity index (χ0v) is 7.14. The molecular formula is C10H16O. The van der Waals surface area contributed by atoms with Crippen LogP contribution in [0.5, 0.6) is 0 Å². The predicted molar refractivity (Wildman–Crippen MR) is 48.1 cm³/mol. The van der Waals surface area contributed by atoms with Crippen molar-refractivity contribution in [3.05, 3.63) is 12.7 Å². The van der Waals surface area contributed by atoms with Crippen molar-refractivity contribution in [2.45, 2.75) is 26.2 Å². The second kappa shape index (κ2) is 7.37. The normalized spacial score (nSPS) is 11.5. The van der Waals surface area contributed by atoms with Crippen molar-refractivity contribution in [2.24, 2.45) is 5.92 Å². The van der Waals surface area contributed by atoms with E-state index in [4.69, 9.17) is 5.11 Å². The highest BCUT2D eigenvalue weighted by Crippen LogP contribution is 1.95. The number of allylic oxidation sites excluding steroid dienone is 1. The number of hydrogen-bond donors (Lipinski definition) is 1. The molecule has 0 saturated heterocycles. The highest BCUT2D eigenvalue weighted by atomic mass is 16.2. The van der Waals surface area contributed by atoms with Crippen molar-refractivity contribution < 1.29 is 5.11 Å². The first-order valence-electron chi connectivity index (χ1n) is 4.03. The van der Waals surface area contributed by atoms with Gasteiger partial charge in [0.1, 0.15) is 0 Å². The molecule has 11 heavy (non-hydrogen) atoms. The number of aliphatic hydroxyl groups excluding tert-OH is 1. The third-order valence-corrected chi connectivity index (χ3v) is 1.39. The summed E-state index contributed by atoms with van der Waals surface area (Å²) < 4.78 is 0. The van der Waals surface area contributed by atoms with Gasteiger partial charge in [-0.1, -0.05) is 12.0 Å². The molecule has 62 valence electrons. The molecule has 0 unspecified atom stereocenters. The topological polar surface area (TPSA) is 20.2 Å². The first-order chi connectivity index (χ1) is 5.31. The molecule has 1 atom stereocenters. The number of unbranched alkanes of at least 4 members (excludes halogenated alkanes) is 2. The molecule has 1 N–H and O–H groups in total. The van der Waals surface area contributed by atoms with Crippen LogP contribution in [0, 0.1) is 17.8 Å². The summed E-state index contributed by atoms with van der Waals surface area (Å²) in [5, 5.41) is 8.46. The SMILES string of the molecule is C=C[C@@H](C)C#CCCCCO. The highest BCUT2D eigenvalue weighted by Gasteiger charge is 1.85. The second-order valence-electron chi connectivity index (χ2n) is 2.53. The van der Waals surface area contributed by atoms with Gasteiger partial charge < -0.3 is 5.11 Å². The Labute approximate surface area is 69.1 Å². The van der Waals surface area contributed by atoms with Crippen LogP contribution < -0.4 is 0 Å². The van der Waals surface area contributed by atoms with Crippen LogP contribution in [-0.2, 0) is 0 Å². The first kappa shape index (κ1) is 10.3. The van der Waals surface area contributed by atoms with Gasteiger partial charge in [0.15, 0.2) is 0 Å². The Morgan fingerprint density at radius 2 is 2.27 bits per heavy atom. The molecule has 1 heteroatoms.